The number of hydrogen-bond donors (Lipinski definition) is 1. The van der Waals surface area contributed by atoms with Crippen LogP contribution in [0.5, 0.6) is 0 Å². The molecule has 3 heterocycles. The Morgan fingerprint density at radius 2 is 2.04 bits per heavy atom. The van der Waals surface area contributed by atoms with E-state index in [-0.39, 0.29) is 11.1 Å². The summed E-state index contributed by atoms with van der Waals surface area (Å²) >= 11 is 3.37. The average molecular weight is 387 g/mol. The Balaban J connectivity index is 1.83. The van der Waals surface area contributed by atoms with E-state index in [0.717, 1.165) is 21.4 Å². The van der Waals surface area contributed by atoms with Gasteiger partial charge in [0.05, 0.1) is 5.69 Å². The third-order valence-electron chi connectivity index (χ3n) is 4.02. The minimum Gasteiger partial charge on any atom is -0.302 e. The van der Waals surface area contributed by atoms with Gasteiger partial charge in [0.2, 0.25) is 0 Å². The van der Waals surface area contributed by atoms with Gasteiger partial charge in [-0.05, 0) is 60.5 Å². The highest BCUT2D eigenvalue weighted by Gasteiger charge is 2.20. The lowest BCUT2D eigenvalue weighted by Gasteiger charge is -2.26. The maximum atomic E-state index is 12.2. The summed E-state index contributed by atoms with van der Waals surface area (Å²) in [6, 6.07) is 9.33. The van der Waals surface area contributed by atoms with E-state index in [0.29, 0.717) is 12.2 Å². The minimum absolute atomic E-state index is 0.0899. The Kier molecular flexibility index (Phi) is 4.51. The van der Waals surface area contributed by atoms with Crippen molar-refractivity contribution in [3.63, 3.8) is 0 Å². The number of pyridine rings is 2. The molecule has 124 valence electrons. The Labute approximate surface area is 148 Å². The van der Waals surface area contributed by atoms with Crippen LogP contribution < -0.4 is 10.9 Å². The molecule has 0 saturated carbocycles. The first-order chi connectivity index (χ1) is 11.3. The second-order valence-electron chi connectivity index (χ2n) is 6.33. The number of hydrogen-bond acceptors (Lipinski definition) is 4. The molecule has 3 aromatic heterocycles. The molecule has 0 aliphatic carbocycles. The first-order valence-electron chi connectivity index (χ1n) is 7.71. The smallest absolute Gasteiger partial charge is 0.258 e. The molecular weight excluding hydrogens is 368 g/mol. The van der Waals surface area contributed by atoms with Gasteiger partial charge < -0.3 is 5.32 Å². The van der Waals surface area contributed by atoms with Gasteiger partial charge in [-0.25, -0.2) is 4.98 Å². The predicted molar refractivity (Wildman–Crippen MR) is 98.0 cm³/mol. The maximum Gasteiger partial charge on any atom is 0.258 e. The molecule has 0 atom stereocenters. The third-order valence-corrected chi connectivity index (χ3v) is 4.49. The van der Waals surface area contributed by atoms with Crippen molar-refractivity contribution in [2.24, 2.45) is 0 Å². The first kappa shape index (κ1) is 16.8. The summed E-state index contributed by atoms with van der Waals surface area (Å²) in [5, 5.41) is 3.45. The molecule has 1 N–H and O–H groups in total. The summed E-state index contributed by atoms with van der Waals surface area (Å²) in [6.45, 7) is 6.65. The summed E-state index contributed by atoms with van der Waals surface area (Å²) in [7, 11) is 0. The van der Waals surface area contributed by atoms with Crippen LogP contribution in [0.15, 0.2) is 52.0 Å². The number of aryl methyl sites for hydroxylation is 1. The van der Waals surface area contributed by atoms with Crippen LogP contribution in [-0.4, -0.2) is 14.4 Å². The Bertz CT molecular complexity index is 932. The highest BCUT2D eigenvalue weighted by Crippen LogP contribution is 2.19. The van der Waals surface area contributed by atoms with Crippen LogP contribution in [0.3, 0.4) is 0 Å². The molecule has 0 aliphatic heterocycles. The van der Waals surface area contributed by atoms with Crippen molar-refractivity contribution in [1.82, 2.24) is 19.7 Å². The lowest BCUT2D eigenvalue weighted by Crippen LogP contribution is -2.36. The van der Waals surface area contributed by atoms with E-state index in [9.17, 15) is 4.79 Å². The van der Waals surface area contributed by atoms with Gasteiger partial charge in [-0.3, -0.25) is 14.2 Å². The fourth-order valence-electron chi connectivity index (χ4n) is 2.47. The number of nitrogens with one attached hydrogen (secondary N) is 1. The number of fused-ring (bicyclic) bond motifs is 1. The van der Waals surface area contributed by atoms with E-state index in [1.54, 1.807) is 12.3 Å². The number of nitrogens with zero attached hydrogens (tertiary/aromatic N) is 3. The second kappa shape index (κ2) is 6.45. The van der Waals surface area contributed by atoms with Crippen LogP contribution >= 0.6 is 15.9 Å². The standard InChI is InChI=1S/C18H19BrN4O/c1-12-4-5-13(9-20-12)18(2,3)21-10-15-8-17(24)23-11-14(19)6-7-16(23)22-15/h4-9,11,21H,10H2,1-3H3. The largest absolute Gasteiger partial charge is 0.302 e. The topological polar surface area (TPSA) is 59.3 Å². The Hall–Kier alpha value is -2.05. The molecule has 0 unspecified atom stereocenters. The van der Waals surface area contributed by atoms with Gasteiger partial charge in [0.1, 0.15) is 5.65 Å². The van der Waals surface area contributed by atoms with Crippen LogP contribution in [0.25, 0.3) is 5.65 Å². The normalized spacial score (nSPS) is 11.8. The van der Waals surface area contributed by atoms with Crippen molar-refractivity contribution >= 4 is 21.6 Å². The van der Waals surface area contributed by atoms with Crippen molar-refractivity contribution in [1.29, 1.82) is 0 Å². The van der Waals surface area contributed by atoms with Crippen molar-refractivity contribution in [3.8, 4) is 0 Å². The molecule has 24 heavy (non-hydrogen) atoms. The van der Waals surface area contributed by atoms with Gasteiger partial charge in [-0.1, -0.05) is 6.07 Å². The van der Waals surface area contributed by atoms with E-state index >= 15 is 0 Å². The van der Waals surface area contributed by atoms with Crippen LogP contribution in [0.2, 0.25) is 0 Å². The molecule has 0 fully saturated rings. The van der Waals surface area contributed by atoms with Gasteiger partial charge in [0.25, 0.3) is 5.56 Å². The van der Waals surface area contributed by atoms with Gasteiger partial charge in [0, 0.05) is 40.7 Å². The number of aromatic nitrogens is 3. The monoisotopic (exact) mass is 386 g/mol. The highest BCUT2D eigenvalue weighted by molar-refractivity contribution is 9.10. The SMILES string of the molecule is Cc1ccc(C(C)(C)NCc2cc(=O)n3cc(Br)ccc3n2)cn1. The lowest BCUT2D eigenvalue weighted by molar-refractivity contribution is 0.397. The summed E-state index contributed by atoms with van der Waals surface area (Å²) in [5.41, 5.74) is 3.08. The van der Waals surface area contributed by atoms with Crippen LogP contribution in [0.1, 0.15) is 30.8 Å². The van der Waals surface area contributed by atoms with E-state index in [1.165, 1.54) is 4.40 Å². The van der Waals surface area contributed by atoms with E-state index in [4.69, 9.17) is 0 Å². The Morgan fingerprint density at radius 1 is 1.25 bits per heavy atom. The summed E-state index contributed by atoms with van der Waals surface area (Å²) in [6.07, 6.45) is 3.60. The van der Waals surface area contributed by atoms with E-state index < -0.39 is 0 Å². The van der Waals surface area contributed by atoms with Crippen LogP contribution in [0, 0.1) is 6.92 Å². The van der Waals surface area contributed by atoms with Gasteiger partial charge in [-0.15, -0.1) is 0 Å². The zero-order valence-corrected chi connectivity index (χ0v) is 15.5. The predicted octanol–water partition coefficient (Wildman–Crippen LogP) is 3.19. The number of rotatable bonds is 4. The quantitative estimate of drug-likeness (QED) is 0.747. The molecular formula is C18H19BrN4O. The van der Waals surface area contributed by atoms with Crippen molar-refractivity contribution < 1.29 is 0 Å². The lowest BCUT2D eigenvalue weighted by atomic mass is 9.95. The molecule has 6 heteroatoms. The molecule has 0 radical (unpaired) electrons. The summed E-state index contributed by atoms with van der Waals surface area (Å²) < 4.78 is 2.38. The fourth-order valence-corrected chi connectivity index (χ4v) is 2.80. The molecule has 0 aromatic carbocycles. The summed E-state index contributed by atoms with van der Waals surface area (Å²) in [5.74, 6) is 0. The minimum atomic E-state index is -0.271. The zero-order valence-electron chi connectivity index (χ0n) is 13.9. The van der Waals surface area contributed by atoms with Gasteiger partial charge in [-0.2, -0.15) is 0 Å². The molecule has 0 bridgehead atoms. The molecule has 0 amide bonds. The molecule has 0 aliphatic rings. The van der Waals surface area contributed by atoms with Gasteiger partial charge in [0.15, 0.2) is 0 Å². The Morgan fingerprint density at radius 3 is 2.75 bits per heavy atom. The van der Waals surface area contributed by atoms with Crippen molar-refractivity contribution in [2.45, 2.75) is 32.9 Å². The molecule has 5 nitrogen and oxygen atoms in total. The fraction of sp³-hybridized carbons (Fsp3) is 0.278. The van der Waals surface area contributed by atoms with Crippen LogP contribution in [-0.2, 0) is 12.1 Å². The molecule has 3 rings (SSSR count). The molecule has 0 saturated heterocycles. The number of halogens is 1. The zero-order chi connectivity index (χ0) is 17.3. The van der Waals surface area contributed by atoms with Crippen molar-refractivity contribution in [3.05, 3.63) is 74.5 Å². The maximum absolute atomic E-state index is 12.2. The highest BCUT2D eigenvalue weighted by atomic mass is 79.9. The molecule has 0 spiro atoms. The second-order valence-corrected chi connectivity index (χ2v) is 7.24. The first-order valence-corrected chi connectivity index (χ1v) is 8.50. The van der Waals surface area contributed by atoms with E-state index in [2.05, 4.69) is 51.1 Å². The van der Waals surface area contributed by atoms with Crippen molar-refractivity contribution in [2.75, 3.05) is 0 Å². The summed E-state index contributed by atoms with van der Waals surface area (Å²) in [4.78, 5) is 21.2. The van der Waals surface area contributed by atoms with Gasteiger partial charge >= 0.3 is 0 Å². The average Bonchev–Trinajstić information content (AvgIpc) is 2.54. The van der Waals surface area contributed by atoms with E-state index in [1.807, 2.05) is 31.3 Å². The third kappa shape index (κ3) is 3.55. The van der Waals surface area contributed by atoms with Crippen LogP contribution in [0.4, 0.5) is 0 Å². The molecule has 3 aromatic rings.